The molecule has 0 bridgehead atoms. The molecule has 3 rings (SSSR count). The maximum atomic E-state index is 12.5. The molecule has 1 saturated heterocycles. The van der Waals surface area contributed by atoms with E-state index in [1.54, 1.807) is 17.0 Å². The maximum Gasteiger partial charge on any atom is 0.349 e. The first-order chi connectivity index (χ1) is 9.75. The number of hydrogen-bond donors (Lipinski definition) is 0. The average molecular weight is 271 g/mol. The van der Waals surface area contributed by atoms with Crippen LogP contribution >= 0.6 is 0 Å². The van der Waals surface area contributed by atoms with E-state index in [9.17, 15) is 9.59 Å². The summed E-state index contributed by atoms with van der Waals surface area (Å²) in [6, 6.07) is 8.90. The number of para-hydroxylation sites is 1. The zero-order valence-corrected chi connectivity index (χ0v) is 11.3. The third-order valence-corrected chi connectivity index (χ3v) is 3.77. The van der Waals surface area contributed by atoms with Gasteiger partial charge in [-0.25, -0.2) is 4.79 Å². The van der Waals surface area contributed by atoms with Crippen molar-refractivity contribution in [2.45, 2.75) is 25.7 Å². The average Bonchev–Trinajstić information content (AvgIpc) is 2.75. The van der Waals surface area contributed by atoms with Gasteiger partial charge in [0.1, 0.15) is 11.1 Å². The molecule has 0 unspecified atom stereocenters. The lowest BCUT2D eigenvalue weighted by Gasteiger charge is -2.19. The molecule has 0 radical (unpaired) electrons. The van der Waals surface area contributed by atoms with Crippen LogP contribution in [0, 0.1) is 0 Å². The summed E-state index contributed by atoms with van der Waals surface area (Å²) < 4.78 is 5.23. The Kier molecular flexibility index (Phi) is 3.54. The van der Waals surface area contributed by atoms with Gasteiger partial charge in [0.2, 0.25) is 0 Å². The van der Waals surface area contributed by atoms with Crippen molar-refractivity contribution >= 4 is 16.9 Å². The largest absolute Gasteiger partial charge is 0.422 e. The van der Waals surface area contributed by atoms with E-state index in [4.69, 9.17) is 4.42 Å². The van der Waals surface area contributed by atoms with E-state index < -0.39 is 5.63 Å². The van der Waals surface area contributed by atoms with Crippen molar-refractivity contribution in [2.75, 3.05) is 13.1 Å². The molecule has 1 amide bonds. The number of nitrogens with zero attached hydrogens (tertiary/aromatic N) is 1. The summed E-state index contributed by atoms with van der Waals surface area (Å²) in [4.78, 5) is 26.2. The molecule has 0 saturated carbocycles. The lowest BCUT2D eigenvalue weighted by Crippen LogP contribution is -2.34. The number of benzene rings is 1. The predicted molar refractivity (Wildman–Crippen MR) is 76.9 cm³/mol. The smallest absolute Gasteiger partial charge is 0.349 e. The number of hydrogen-bond acceptors (Lipinski definition) is 3. The van der Waals surface area contributed by atoms with E-state index in [1.165, 1.54) is 0 Å². The Morgan fingerprint density at radius 2 is 1.75 bits per heavy atom. The molecular formula is C16H17NO3. The van der Waals surface area contributed by atoms with Crippen LogP contribution in [0.4, 0.5) is 0 Å². The Hall–Kier alpha value is -2.10. The third kappa shape index (κ3) is 2.46. The van der Waals surface area contributed by atoms with Crippen molar-refractivity contribution in [3.05, 3.63) is 46.3 Å². The lowest BCUT2D eigenvalue weighted by molar-refractivity contribution is 0.0757. The summed E-state index contributed by atoms with van der Waals surface area (Å²) in [5.41, 5.74) is 0.119. The predicted octanol–water partition coefficient (Wildman–Crippen LogP) is 2.81. The van der Waals surface area contributed by atoms with E-state index in [0.717, 1.165) is 44.2 Å². The molecule has 4 heteroatoms. The minimum atomic E-state index is -0.544. The molecule has 1 aromatic carbocycles. The molecule has 1 aliphatic rings. The molecule has 4 nitrogen and oxygen atoms in total. The molecule has 0 spiro atoms. The summed E-state index contributed by atoms with van der Waals surface area (Å²) in [7, 11) is 0. The van der Waals surface area contributed by atoms with Crippen LogP contribution in [0.15, 0.2) is 39.5 Å². The van der Waals surface area contributed by atoms with Crippen LogP contribution in [-0.2, 0) is 0 Å². The fourth-order valence-corrected chi connectivity index (χ4v) is 2.66. The van der Waals surface area contributed by atoms with E-state index >= 15 is 0 Å². The van der Waals surface area contributed by atoms with Gasteiger partial charge in [-0.2, -0.15) is 0 Å². The second kappa shape index (κ2) is 5.49. The van der Waals surface area contributed by atoms with E-state index in [2.05, 4.69) is 0 Å². The van der Waals surface area contributed by atoms with Gasteiger partial charge in [-0.15, -0.1) is 0 Å². The normalized spacial score (nSPS) is 16.1. The first kappa shape index (κ1) is 12.9. The van der Waals surface area contributed by atoms with Crippen LogP contribution in [0.25, 0.3) is 11.0 Å². The first-order valence-electron chi connectivity index (χ1n) is 7.08. The highest BCUT2D eigenvalue weighted by Crippen LogP contribution is 2.16. The van der Waals surface area contributed by atoms with E-state index in [0.29, 0.717) is 5.58 Å². The summed E-state index contributed by atoms with van der Waals surface area (Å²) in [6.45, 7) is 1.45. The Balaban J connectivity index is 1.98. The quantitative estimate of drug-likeness (QED) is 0.749. The molecule has 1 aromatic heterocycles. The number of carbonyl (C=O) groups excluding carboxylic acids is 1. The summed E-state index contributed by atoms with van der Waals surface area (Å²) in [5, 5.41) is 0.783. The van der Waals surface area contributed by atoms with Gasteiger partial charge in [0, 0.05) is 18.5 Å². The minimum Gasteiger partial charge on any atom is -0.422 e. The Morgan fingerprint density at radius 1 is 1.05 bits per heavy atom. The number of amides is 1. The molecule has 2 aromatic rings. The maximum absolute atomic E-state index is 12.5. The summed E-state index contributed by atoms with van der Waals surface area (Å²) >= 11 is 0. The number of likely N-dealkylation sites (tertiary alicyclic amines) is 1. The van der Waals surface area contributed by atoms with Crippen molar-refractivity contribution in [1.29, 1.82) is 0 Å². The van der Waals surface area contributed by atoms with Gasteiger partial charge >= 0.3 is 5.63 Å². The molecule has 0 N–H and O–H groups in total. The van der Waals surface area contributed by atoms with Crippen molar-refractivity contribution in [2.24, 2.45) is 0 Å². The van der Waals surface area contributed by atoms with Crippen LogP contribution in [-0.4, -0.2) is 23.9 Å². The van der Waals surface area contributed by atoms with Crippen molar-refractivity contribution < 1.29 is 9.21 Å². The van der Waals surface area contributed by atoms with Crippen LogP contribution < -0.4 is 5.63 Å². The van der Waals surface area contributed by atoms with Crippen LogP contribution in [0.3, 0.4) is 0 Å². The van der Waals surface area contributed by atoms with Gasteiger partial charge in [-0.1, -0.05) is 31.0 Å². The molecule has 20 heavy (non-hydrogen) atoms. The highest BCUT2D eigenvalue weighted by molar-refractivity contribution is 5.96. The second-order valence-electron chi connectivity index (χ2n) is 5.19. The van der Waals surface area contributed by atoms with Gasteiger partial charge in [-0.05, 0) is 25.0 Å². The molecule has 104 valence electrons. The minimum absolute atomic E-state index is 0.144. The fraction of sp³-hybridized carbons (Fsp3) is 0.375. The van der Waals surface area contributed by atoms with Crippen molar-refractivity contribution in [1.82, 2.24) is 4.90 Å². The third-order valence-electron chi connectivity index (χ3n) is 3.77. The fourth-order valence-electron chi connectivity index (χ4n) is 2.66. The standard InChI is InChI=1S/C16H17NO3/c18-15(17-9-5-1-2-6-10-17)13-11-12-7-3-4-8-14(12)20-16(13)19/h3-4,7-8,11H,1-2,5-6,9-10H2. The highest BCUT2D eigenvalue weighted by atomic mass is 16.4. The van der Waals surface area contributed by atoms with Crippen LogP contribution in [0.2, 0.25) is 0 Å². The molecule has 1 aliphatic heterocycles. The monoisotopic (exact) mass is 271 g/mol. The van der Waals surface area contributed by atoms with E-state index in [-0.39, 0.29) is 11.5 Å². The highest BCUT2D eigenvalue weighted by Gasteiger charge is 2.21. The lowest BCUT2D eigenvalue weighted by atomic mass is 10.1. The molecule has 2 heterocycles. The molecular weight excluding hydrogens is 254 g/mol. The molecule has 1 fully saturated rings. The Morgan fingerprint density at radius 3 is 2.50 bits per heavy atom. The number of rotatable bonds is 1. The van der Waals surface area contributed by atoms with Crippen molar-refractivity contribution in [3.63, 3.8) is 0 Å². The Bertz CT molecular complexity index is 681. The molecule has 0 atom stereocenters. The first-order valence-corrected chi connectivity index (χ1v) is 7.08. The van der Waals surface area contributed by atoms with Crippen molar-refractivity contribution in [3.8, 4) is 0 Å². The second-order valence-corrected chi connectivity index (χ2v) is 5.19. The zero-order valence-electron chi connectivity index (χ0n) is 11.3. The van der Waals surface area contributed by atoms with Gasteiger partial charge in [0.25, 0.3) is 5.91 Å². The van der Waals surface area contributed by atoms with Gasteiger partial charge in [-0.3, -0.25) is 4.79 Å². The topological polar surface area (TPSA) is 50.5 Å². The van der Waals surface area contributed by atoms with Gasteiger partial charge < -0.3 is 9.32 Å². The summed E-state index contributed by atoms with van der Waals surface area (Å²) in [6.07, 6.45) is 4.31. The van der Waals surface area contributed by atoms with Gasteiger partial charge in [0.15, 0.2) is 0 Å². The number of fused-ring (bicyclic) bond motifs is 1. The van der Waals surface area contributed by atoms with E-state index in [1.807, 2.05) is 18.2 Å². The Labute approximate surface area is 117 Å². The number of carbonyl (C=O) groups is 1. The molecule has 0 aliphatic carbocycles. The zero-order chi connectivity index (χ0) is 13.9. The van der Waals surface area contributed by atoms with Gasteiger partial charge in [0.05, 0.1) is 0 Å². The van der Waals surface area contributed by atoms with Crippen LogP contribution in [0.1, 0.15) is 36.0 Å². The van der Waals surface area contributed by atoms with Crippen LogP contribution in [0.5, 0.6) is 0 Å². The summed E-state index contributed by atoms with van der Waals surface area (Å²) in [5.74, 6) is -0.202. The SMILES string of the molecule is O=C(c1cc2ccccc2oc1=O)N1CCCCCC1.